The van der Waals surface area contributed by atoms with Crippen molar-refractivity contribution in [3.05, 3.63) is 47.3 Å². The molecule has 0 unspecified atom stereocenters. The topological polar surface area (TPSA) is 52.1 Å². The van der Waals surface area contributed by atoms with E-state index >= 15 is 0 Å². The Kier molecular flexibility index (Phi) is 3.14. The van der Waals surface area contributed by atoms with Crippen molar-refractivity contribution in [2.45, 2.75) is 13.8 Å². The summed E-state index contributed by atoms with van der Waals surface area (Å²) in [6.07, 6.45) is 3.55. The molecule has 0 amide bonds. The smallest absolute Gasteiger partial charge is 0.321 e. The van der Waals surface area contributed by atoms with Crippen LogP contribution in [0.4, 0.5) is 0 Å². The van der Waals surface area contributed by atoms with Crippen molar-refractivity contribution in [2.75, 3.05) is 0 Å². The van der Waals surface area contributed by atoms with Crippen molar-refractivity contribution >= 4 is 6.29 Å². The van der Waals surface area contributed by atoms with E-state index in [0.717, 1.165) is 5.56 Å². The Hall–Kier alpha value is -2.23. The molecule has 0 spiro atoms. The van der Waals surface area contributed by atoms with E-state index in [1.54, 1.807) is 0 Å². The van der Waals surface area contributed by atoms with Gasteiger partial charge in [0, 0.05) is 12.4 Å². The Morgan fingerprint density at radius 1 is 1.12 bits per heavy atom. The molecule has 0 fully saturated rings. The molecule has 0 bridgehead atoms. The fourth-order valence-corrected chi connectivity index (χ4v) is 1.32. The first-order valence-electron chi connectivity index (χ1n) is 5.21. The third-order valence-electron chi connectivity index (χ3n) is 2.47. The summed E-state index contributed by atoms with van der Waals surface area (Å²) >= 11 is 0. The molecule has 0 saturated heterocycles. The third kappa shape index (κ3) is 2.66. The van der Waals surface area contributed by atoms with Crippen molar-refractivity contribution in [1.82, 2.24) is 9.97 Å². The number of nitrogens with zero attached hydrogens (tertiary/aromatic N) is 2. The zero-order chi connectivity index (χ0) is 12.3. The van der Waals surface area contributed by atoms with Crippen LogP contribution in [0, 0.1) is 13.8 Å². The Balaban J connectivity index is 2.19. The second kappa shape index (κ2) is 4.74. The first kappa shape index (κ1) is 11.3. The number of aldehydes is 1. The maximum absolute atomic E-state index is 10.4. The van der Waals surface area contributed by atoms with E-state index < -0.39 is 0 Å². The lowest BCUT2D eigenvalue weighted by Crippen LogP contribution is -1.93. The van der Waals surface area contributed by atoms with Gasteiger partial charge in [-0.1, -0.05) is 6.07 Å². The molecular formula is C13H12N2O2. The van der Waals surface area contributed by atoms with E-state index in [1.165, 1.54) is 18.0 Å². The highest BCUT2D eigenvalue weighted by molar-refractivity contribution is 5.73. The van der Waals surface area contributed by atoms with Gasteiger partial charge < -0.3 is 4.74 Å². The van der Waals surface area contributed by atoms with Gasteiger partial charge >= 0.3 is 6.01 Å². The van der Waals surface area contributed by atoms with Gasteiger partial charge in [-0.25, -0.2) is 9.97 Å². The molecule has 1 heterocycles. The van der Waals surface area contributed by atoms with Crippen LogP contribution in [0.15, 0.2) is 30.6 Å². The summed E-state index contributed by atoms with van der Waals surface area (Å²) in [5.41, 5.74) is 2.78. The molecule has 4 nitrogen and oxygen atoms in total. The average Bonchev–Trinajstić information content (AvgIpc) is 2.35. The predicted octanol–water partition coefficient (Wildman–Crippen LogP) is 2.70. The fraction of sp³-hybridized carbons (Fsp3) is 0.154. The first-order chi connectivity index (χ1) is 8.19. The molecule has 0 saturated carbocycles. The van der Waals surface area contributed by atoms with Crippen LogP contribution in [0.5, 0.6) is 11.8 Å². The van der Waals surface area contributed by atoms with Crippen LogP contribution >= 0.6 is 0 Å². The van der Waals surface area contributed by atoms with E-state index in [-0.39, 0.29) is 6.01 Å². The molecule has 17 heavy (non-hydrogen) atoms. The highest BCUT2D eigenvalue weighted by Gasteiger charge is 2.02. The Morgan fingerprint density at radius 2 is 1.82 bits per heavy atom. The van der Waals surface area contributed by atoms with Gasteiger partial charge in [0.1, 0.15) is 5.75 Å². The maximum Gasteiger partial charge on any atom is 0.321 e. The monoisotopic (exact) mass is 228 g/mol. The molecule has 0 aliphatic heterocycles. The normalized spacial score (nSPS) is 10.0. The van der Waals surface area contributed by atoms with Crippen LogP contribution in [0.25, 0.3) is 0 Å². The van der Waals surface area contributed by atoms with Crippen molar-refractivity contribution < 1.29 is 9.53 Å². The Morgan fingerprint density at radius 3 is 2.41 bits per heavy atom. The summed E-state index contributed by atoms with van der Waals surface area (Å²) in [5, 5.41) is 0. The van der Waals surface area contributed by atoms with Crippen LogP contribution in [-0.4, -0.2) is 16.3 Å². The minimum absolute atomic E-state index is 0.235. The van der Waals surface area contributed by atoms with Crippen LogP contribution in [0.2, 0.25) is 0 Å². The van der Waals surface area contributed by atoms with Gasteiger partial charge in [-0.2, -0.15) is 0 Å². The van der Waals surface area contributed by atoms with E-state index in [4.69, 9.17) is 4.74 Å². The lowest BCUT2D eigenvalue weighted by molar-refractivity contribution is 0.112. The third-order valence-corrected chi connectivity index (χ3v) is 2.47. The molecule has 2 aromatic rings. The predicted molar refractivity (Wildman–Crippen MR) is 63.4 cm³/mol. The minimum atomic E-state index is 0.235. The molecule has 0 radical (unpaired) electrons. The zero-order valence-electron chi connectivity index (χ0n) is 9.68. The Labute approximate surface area is 99.3 Å². The first-order valence-corrected chi connectivity index (χ1v) is 5.21. The summed E-state index contributed by atoms with van der Waals surface area (Å²) < 4.78 is 5.48. The molecule has 0 atom stereocenters. The number of ether oxygens (including phenoxy) is 1. The molecule has 0 aliphatic carbocycles. The van der Waals surface area contributed by atoms with Crippen LogP contribution in [0.1, 0.15) is 21.5 Å². The number of aromatic nitrogens is 2. The van der Waals surface area contributed by atoms with Gasteiger partial charge in [0.2, 0.25) is 0 Å². The molecular weight excluding hydrogens is 216 g/mol. The fourth-order valence-electron chi connectivity index (χ4n) is 1.32. The number of aryl methyl sites for hydroxylation is 2. The molecule has 1 aromatic heterocycles. The van der Waals surface area contributed by atoms with Gasteiger partial charge in [0.15, 0.2) is 6.29 Å². The summed E-state index contributed by atoms with van der Waals surface area (Å²) in [6, 6.07) is 6.00. The molecule has 86 valence electrons. The second-order valence-corrected chi connectivity index (χ2v) is 3.76. The van der Waals surface area contributed by atoms with Gasteiger partial charge in [0.05, 0.1) is 5.56 Å². The van der Waals surface area contributed by atoms with Crippen molar-refractivity contribution in [3.63, 3.8) is 0 Å². The summed E-state index contributed by atoms with van der Waals surface area (Å²) in [5.74, 6) is 0.687. The highest BCUT2D eigenvalue weighted by Crippen LogP contribution is 2.20. The van der Waals surface area contributed by atoms with Gasteiger partial charge in [-0.05, 0) is 37.1 Å². The lowest BCUT2D eigenvalue weighted by atomic mass is 10.1. The Bertz CT molecular complexity index is 536. The quantitative estimate of drug-likeness (QED) is 0.758. The summed E-state index contributed by atoms with van der Waals surface area (Å²) in [4.78, 5) is 18.3. The van der Waals surface area contributed by atoms with Crippen molar-refractivity contribution in [2.24, 2.45) is 0 Å². The SMILES string of the molecule is Cc1ccc(Oc2ncc(C=O)cn2)cc1C. The van der Waals surface area contributed by atoms with E-state index in [9.17, 15) is 4.79 Å². The lowest BCUT2D eigenvalue weighted by Gasteiger charge is -2.05. The highest BCUT2D eigenvalue weighted by atomic mass is 16.5. The molecule has 2 rings (SSSR count). The number of carbonyl (C=O) groups is 1. The molecule has 0 N–H and O–H groups in total. The van der Waals surface area contributed by atoms with E-state index in [1.807, 2.05) is 32.0 Å². The average molecular weight is 228 g/mol. The second-order valence-electron chi connectivity index (χ2n) is 3.76. The minimum Gasteiger partial charge on any atom is -0.424 e. The van der Waals surface area contributed by atoms with Crippen molar-refractivity contribution in [1.29, 1.82) is 0 Å². The van der Waals surface area contributed by atoms with Crippen LogP contribution in [0.3, 0.4) is 0 Å². The number of carbonyl (C=O) groups excluding carboxylic acids is 1. The summed E-state index contributed by atoms with van der Waals surface area (Å²) in [6.45, 7) is 4.05. The van der Waals surface area contributed by atoms with Crippen LogP contribution in [-0.2, 0) is 0 Å². The number of hydrogen-bond acceptors (Lipinski definition) is 4. The van der Waals surface area contributed by atoms with Gasteiger partial charge in [0.25, 0.3) is 0 Å². The number of benzene rings is 1. The van der Waals surface area contributed by atoms with Crippen molar-refractivity contribution in [3.8, 4) is 11.8 Å². The maximum atomic E-state index is 10.4. The largest absolute Gasteiger partial charge is 0.424 e. The van der Waals surface area contributed by atoms with E-state index in [0.29, 0.717) is 17.6 Å². The van der Waals surface area contributed by atoms with E-state index in [2.05, 4.69) is 9.97 Å². The van der Waals surface area contributed by atoms with Crippen LogP contribution < -0.4 is 4.74 Å². The number of rotatable bonds is 3. The molecule has 4 heteroatoms. The zero-order valence-corrected chi connectivity index (χ0v) is 9.68. The van der Waals surface area contributed by atoms with Gasteiger partial charge in [-0.3, -0.25) is 4.79 Å². The standard InChI is InChI=1S/C13H12N2O2/c1-9-3-4-12(5-10(9)2)17-13-14-6-11(8-16)7-15-13/h3-8H,1-2H3. The number of hydrogen-bond donors (Lipinski definition) is 0. The summed E-state index contributed by atoms with van der Waals surface area (Å²) in [7, 11) is 0. The molecule has 0 aliphatic rings. The van der Waals surface area contributed by atoms with Gasteiger partial charge in [-0.15, -0.1) is 0 Å². The molecule has 1 aromatic carbocycles.